The molecule has 2 aromatic heterocycles. The number of esters is 1. The summed E-state index contributed by atoms with van der Waals surface area (Å²) in [7, 11) is 3.18. The molecule has 0 radical (unpaired) electrons. The SMILES string of the molecule is CCOC(=O)C1=C(C)N=c2sc(=Cc3cn(Cc4ccccc4Cl)c4ccccc34)c(=O)n2C1c1c(OC)ccc2ccc(OC)cc12. The van der Waals surface area contributed by atoms with Crippen LogP contribution in [0.5, 0.6) is 11.5 Å². The fourth-order valence-corrected chi connectivity index (χ4v) is 7.66. The number of fused-ring (bicyclic) bond motifs is 3. The molecule has 0 saturated carbocycles. The van der Waals surface area contributed by atoms with Crippen LogP contribution < -0.4 is 24.4 Å². The Morgan fingerprint density at radius 1 is 1.00 bits per heavy atom. The summed E-state index contributed by atoms with van der Waals surface area (Å²) in [6.07, 6.45) is 3.94. The first-order chi connectivity index (χ1) is 23.3. The molecule has 0 spiro atoms. The summed E-state index contributed by atoms with van der Waals surface area (Å²) in [6.45, 7) is 4.27. The smallest absolute Gasteiger partial charge is 0.338 e. The Morgan fingerprint density at radius 2 is 1.77 bits per heavy atom. The van der Waals surface area contributed by atoms with E-state index in [1.807, 2.05) is 85.1 Å². The highest BCUT2D eigenvalue weighted by Gasteiger charge is 2.36. The van der Waals surface area contributed by atoms with E-state index in [-0.39, 0.29) is 17.7 Å². The minimum absolute atomic E-state index is 0.172. The zero-order chi connectivity index (χ0) is 33.5. The Bertz CT molecular complexity index is 2450. The van der Waals surface area contributed by atoms with Crippen molar-refractivity contribution >= 4 is 56.7 Å². The summed E-state index contributed by atoms with van der Waals surface area (Å²) in [4.78, 5) is 33.5. The lowest BCUT2D eigenvalue weighted by Gasteiger charge is -2.27. The molecule has 1 atom stereocenters. The molecule has 0 N–H and O–H groups in total. The molecule has 10 heteroatoms. The van der Waals surface area contributed by atoms with Crippen LogP contribution in [0.25, 0.3) is 27.8 Å². The molecule has 7 rings (SSSR count). The van der Waals surface area contributed by atoms with Crippen molar-refractivity contribution in [2.24, 2.45) is 4.99 Å². The number of carbonyl (C=O) groups is 1. The highest BCUT2D eigenvalue weighted by Crippen LogP contribution is 2.41. The number of benzene rings is 4. The third kappa shape index (κ3) is 5.38. The molecule has 0 saturated heterocycles. The van der Waals surface area contributed by atoms with Crippen molar-refractivity contribution in [1.29, 1.82) is 0 Å². The standard InChI is InChI=1S/C38H32ClN3O5S/c1-5-47-37(44)33-22(2)40-38-42(35(33)34-28-19-26(45-3)16-14-23(28)15-17-31(34)46-4)36(43)32(48-38)18-25-21-41(30-13-9-7-11-27(25)30)20-24-10-6-8-12-29(24)39/h6-19,21,35H,5,20H2,1-4H3. The van der Waals surface area contributed by atoms with E-state index in [2.05, 4.69) is 10.6 Å². The van der Waals surface area contributed by atoms with Crippen LogP contribution in [0.3, 0.4) is 0 Å². The Morgan fingerprint density at radius 3 is 2.54 bits per heavy atom. The molecule has 8 nitrogen and oxygen atoms in total. The van der Waals surface area contributed by atoms with Gasteiger partial charge in [0.15, 0.2) is 4.80 Å². The third-order valence-corrected chi connectivity index (χ3v) is 10.00. The number of carbonyl (C=O) groups excluding carboxylic acids is 1. The number of nitrogens with zero attached hydrogens (tertiary/aromatic N) is 3. The molecular formula is C38H32ClN3O5S. The molecule has 1 aliphatic rings. The molecule has 0 amide bonds. The van der Waals surface area contributed by atoms with Gasteiger partial charge < -0.3 is 18.8 Å². The first kappa shape index (κ1) is 31.5. The Balaban J connectivity index is 1.47. The number of halogens is 1. The lowest BCUT2D eigenvalue weighted by atomic mass is 9.90. The largest absolute Gasteiger partial charge is 0.497 e. The molecule has 0 aliphatic carbocycles. The van der Waals surface area contributed by atoms with Gasteiger partial charge in [-0.1, -0.05) is 71.5 Å². The van der Waals surface area contributed by atoms with Crippen LogP contribution in [-0.2, 0) is 16.1 Å². The maximum absolute atomic E-state index is 14.6. The van der Waals surface area contributed by atoms with E-state index in [1.54, 1.807) is 32.6 Å². The van der Waals surface area contributed by atoms with E-state index in [4.69, 9.17) is 30.8 Å². The van der Waals surface area contributed by atoms with Crippen molar-refractivity contribution in [2.75, 3.05) is 20.8 Å². The molecule has 0 bridgehead atoms. The van der Waals surface area contributed by atoms with Gasteiger partial charge in [0, 0.05) is 39.8 Å². The van der Waals surface area contributed by atoms with Gasteiger partial charge in [-0.15, -0.1) is 0 Å². The number of thiazole rings is 1. The lowest BCUT2D eigenvalue weighted by molar-refractivity contribution is -0.139. The third-order valence-electron chi connectivity index (χ3n) is 8.65. The quantitative estimate of drug-likeness (QED) is 0.169. The van der Waals surface area contributed by atoms with Gasteiger partial charge in [-0.3, -0.25) is 9.36 Å². The minimum atomic E-state index is -0.866. The minimum Gasteiger partial charge on any atom is -0.497 e. The molecule has 6 aromatic rings. The summed E-state index contributed by atoms with van der Waals surface area (Å²) >= 11 is 7.80. The molecule has 0 fully saturated rings. The second-order valence-corrected chi connectivity index (χ2v) is 12.8. The monoisotopic (exact) mass is 677 g/mol. The van der Waals surface area contributed by atoms with E-state index in [9.17, 15) is 9.59 Å². The molecule has 1 aliphatic heterocycles. The number of ether oxygens (including phenoxy) is 3. The van der Waals surface area contributed by atoms with Crippen LogP contribution in [0.4, 0.5) is 0 Å². The van der Waals surface area contributed by atoms with E-state index in [0.717, 1.165) is 32.8 Å². The van der Waals surface area contributed by atoms with Gasteiger partial charge in [0.1, 0.15) is 17.5 Å². The number of allylic oxidation sites excluding steroid dienone is 1. The predicted molar refractivity (Wildman–Crippen MR) is 190 cm³/mol. The fraction of sp³-hybridized carbons (Fsp3) is 0.184. The predicted octanol–water partition coefficient (Wildman–Crippen LogP) is 6.63. The number of para-hydroxylation sites is 1. The molecule has 3 heterocycles. The van der Waals surface area contributed by atoms with Crippen molar-refractivity contribution in [3.05, 3.63) is 138 Å². The maximum atomic E-state index is 14.6. The molecule has 48 heavy (non-hydrogen) atoms. The first-order valence-electron chi connectivity index (χ1n) is 15.5. The van der Waals surface area contributed by atoms with Crippen LogP contribution in [0.2, 0.25) is 5.02 Å². The topological polar surface area (TPSA) is 84.1 Å². The zero-order valence-corrected chi connectivity index (χ0v) is 28.4. The number of aromatic nitrogens is 2. The van der Waals surface area contributed by atoms with E-state index < -0.39 is 12.0 Å². The van der Waals surface area contributed by atoms with Gasteiger partial charge in [0.05, 0.1) is 36.6 Å². The van der Waals surface area contributed by atoms with Crippen molar-refractivity contribution in [1.82, 2.24) is 9.13 Å². The molecular weight excluding hydrogens is 646 g/mol. The fourth-order valence-electron chi connectivity index (χ4n) is 6.43. The van der Waals surface area contributed by atoms with Gasteiger partial charge >= 0.3 is 5.97 Å². The van der Waals surface area contributed by atoms with Gasteiger partial charge in [-0.2, -0.15) is 0 Å². The van der Waals surface area contributed by atoms with Crippen molar-refractivity contribution in [3.63, 3.8) is 0 Å². The number of methoxy groups -OCH3 is 2. The van der Waals surface area contributed by atoms with E-state index >= 15 is 0 Å². The molecule has 242 valence electrons. The van der Waals surface area contributed by atoms with Crippen molar-refractivity contribution in [2.45, 2.75) is 26.4 Å². The van der Waals surface area contributed by atoms with Crippen LogP contribution in [0.1, 0.15) is 36.6 Å². The van der Waals surface area contributed by atoms with Gasteiger partial charge in [-0.25, -0.2) is 9.79 Å². The van der Waals surface area contributed by atoms with Gasteiger partial charge in [0.2, 0.25) is 0 Å². The average molecular weight is 678 g/mol. The van der Waals surface area contributed by atoms with Crippen LogP contribution in [-0.4, -0.2) is 35.9 Å². The summed E-state index contributed by atoms with van der Waals surface area (Å²) in [6, 6.07) is 24.5. The van der Waals surface area contributed by atoms with Crippen LogP contribution in [0, 0.1) is 0 Å². The Kier molecular flexibility index (Phi) is 8.41. The second-order valence-electron chi connectivity index (χ2n) is 11.4. The van der Waals surface area contributed by atoms with Crippen molar-refractivity contribution < 1.29 is 19.0 Å². The van der Waals surface area contributed by atoms with Gasteiger partial charge in [0.25, 0.3) is 5.56 Å². The van der Waals surface area contributed by atoms with E-state index in [1.165, 1.54) is 11.3 Å². The number of rotatable bonds is 8. The average Bonchev–Trinajstić information content (AvgIpc) is 3.60. The van der Waals surface area contributed by atoms with Crippen LogP contribution >= 0.6 is 22.9 Å². The second kappa shape index (κ2) is 12.8. The summed E-state index contributed by atoms with van der Waals surface area (Å²) in [5.41, 5.74) is 4.02. The summed E-state index contributed by atoms with van der Waals surface area (Å²) in [5, 5.41) is 3.38. The summed E-state index contributed by atoms with van der Waals surface area (Å²) < 4.78 is 21.2. The number of hydrogen-bond donors (Lipinski definition) is 0. The van der Waals surface area contributed by atoms with E-state index in [0.29, 0.717) is 43.7 Å². The summed E-state index contributed by atoms with van der Waals surface area (Å²) in [5.74, 6) is 0.619. The Hall–Kier alpha value is -5.12. The van der Waals surface area contributed by atoms with Gasteiger partial charge in [-0.05, 0) is 66.6 Å². The maximum Gasteiger partial charge on any atom is 0.338 e. The lowest BCUT2D eigenvalue weighted by Crippen LogP contribution is -2.40. The molecule has 4 aromatic carbocycles. The normalized spacial score (nSPS) is 14.7. The highest BCUT2D eigenvalue weighted by molar-refractivity contribution is 7.07. The highest BCUT2D eigenvalue weighted by atomic mass is 35.5. The first-order valence-corrected chi connectivity index (χ1v) is 16.7. The van der Waals surface area contributed by atoms with Crippen LogP contribution in [0.15, 0.2) is 106 Å². The molecule has 1 unspecified atom stereocenters. The van der Waals surface area contributed by atoms with Crippen molar-refractivity contribution in [3.8, 4) is 11.5 Å². The number of hydrogen-bond acceptors (Lipinski definition) is 7. The Labute approximate surface area is 285 Å². The zero-order valence-electron chi connectivity index (χ0n) is 26.8.